The zero-order valence-electron chi connectivity index (χ0n) is 55.1. The number of phosphoric acid groups is 2. The van der Waals surface area contributed by atoms with Crippen LogP contribution < -0.4 is 0 Å². The number of aliphatic hydroxyl groups excluding tert-OH is 1. The van der Waals surface area contributed by atoms with E-state index in [1.54, 1.807) is 0 Å². The van der Waals surface area contributed by atoms with Crippen molar-refractivity contribution in [1.29, 1.82) is 0 Å². The van der Waals surface area contributed by atoms with Crippen molar-refractivity contribution in [2.75, 3.05) is 39.6 Å². The molecule has 2 unspecified atom stereocenters. The van der Waals surface area contributed by atoms with Gasteiger partial charge in [0.1, 0.15) is 19.3 Å². The van der Waals surface area contributed by atoms with E-state index in [-0.39, 0.29) is 25.7 Å². The summed E-state index contributed by atoms with van der Waals surface area (Å²) >= 11 is 0. The van der Waals surface area contributed by atoms with Gasteiger partial charge < -0.3 is 33.8 Å². The Balaban J connectivity index is 5.15. The second-order valence-electron chi connectivity index (χ2n) is 25.3. The molecule has 0 rings (SSSR count). The van der Waals surface area contributed by atoms with Gasteiger partial charge in [-0.3, -0.25) is 37.3 Å². The summed E-state index contributed by atoms with van der Waals surface area (Å²) in [5.41, 5.74) is 0. The summed E-state index contributed by atoms with van der Waals surface area (Å²) < 4.78 is 67.9. The van der Waals surface area contributed by atoms with E-state index >= 15 is 0 Å². The van der Waals surface area contributed by atoms with Crippen molar-refractivity contribution in [1.82, 2.24) is 0 Å². The van der Waals surface area contributed by atoms with E-state index < -0.39 is 97.5 Å². The third-order valence-corrected chi connectivity index (χ3v) is 17.0. The van der Waals surface area contributed by atoms with Crippen LogP contribution in [0.3, 0.4) is 0 Å². The van der Waals surface area contributed by atoms with Gasteiger partial charge in [-0.15, -0.1) is 0 Å². The van der Waals surface area contributed by atoms with E-state index in [0.717, 1.165) is 114 Å². The van der Waals surface area contributed by atoms with Crippen LogP contribution in [0.5, 0.6) is 0 Å². The Labute approximate surface area is 517 Å². The molecule has 3 N–H and O–H groups in total. The second kappa shape index (κ2) is 57.2. The molecule has 0 heterocycles. The van der Waals surface area contributed by atoms with Crippen molar-refractivity contribution >= 4 is 39.5 Å². The van der Waals surface area contributed by atoms with E-state index in [4.69, 9.17) is 37.0 Å². The van der Waals surface area contributed by atoms with Crippen LogP contribution in [0.4, 0.5) is 0 Å². The standard InChI is InChI=1S/C66H128O17P2/c1-8-9-10-30-40-47-63(68)76-53-61(82-66(71)50-43-36-29-23-21-26-33-39-46-59(6)7)55-80-84(72,73)78-51-60(67)52-79-85(74,75)81-56-62(54-77-64(69)48-41-34-27-22-20-25-32-38-45-58(4)5)83-65(70)49-42-35-28-19-17-15-13-11-12-14-16-18-24-31-37-44-57(2)3/h57-62,67H,8-56H2,1-7H3,(H,72,73)(H,74,75)/t60-,61+,62+/m0/s1. The van der Waals surface area contributed by atoms with E-state index in [2.05, 4.69) is 48.5 Å². The van der Waals surface area contributed by atoms with E-state index in [1.807, 2.05) is 0 Å². The van der Waals surface area contributed by atoms with Crippen molar-refractivity contribution in [3.05, 3.63) is 0 Å². The molecular weight excluding hydrogens is 1130 g/mol. The molecule has 5 atom stereocenters. The number of ether oxygens (including phenoxy) is 4. The van der Waals surface area contributed by atoms with Crippen LogP contribution in [0.2, 0.25) is 0 Å². The lowest BCUT2D eigenvalue weighted by Crippen LogP contribution is -2.30. The van der Waals surface area contributed by atoms with E-state index in [1.165, 1.54) is 128 Å². The fourth-order valence-electron chi connectivity index (χ4n) is 9.83. The Morgan fingerprint density at radius 3 is 0.800 bits per heavy atom. The average Bonchev–Trinajstić information content (AvgIpc) is 3.48. The highest BCUT2D eigenvalue weighted by molar-refractivity contribution is 7.47. The van der Waals surface area contributed by atoms with Crippen LogP contribution in [0, 0.1) is 17.8 Å². The SMILES string of the molecule is CCCCCCCC(=O)OC[C@H](COP(=O)(O)OC[C@H](O)COP(=O)(O)OC[C@@H](COC(=O)CCCCCCCCCCC(C)C)OC(=O)CCCCCCCCCCCCCCCCCC(C)C)OC(=O)CCCCCCCCCCC(C)C. The number of phosphoric ester groups is 2. The zero-order chi connectivity index (χ0) is 63.1. The molecule has 0 aliphatic heterocycles. The third-order valence-electron chi connectivity index (χ3n) is 15.1. The molecule has 0 fully saturated rings. The minimum Gasteiger partial charge on any atom is -0.462 e. The molecular formula is C66H128O17P2. The molecule has 504 valence electrons. The minimum absolute atomic E-state index is 0.103. The summed E-state index contributed by atoms with van der Waals surface area (Å²) in [7, 11) is -9.88. The van der Waals surface area contributed by atoms with Gasteiger partial charge in [-0.1, -0.05) is 273 Å². The fraction of sp³-hybridized carbons (Fsp3) is 0.939. The molecule has 0 aliphatic rings. The van der Waals surface area contributed by atoms with Crippen molar-refractivity contribution in [2.45, 2.75) is 343 Å². The summed E-state index contributed by atoms with van der Waals surface area (Å²) in [6, 6.07) is 0. The normalized spacial score (nSPS) is 14.3. The number of esters is 4. The number of hydrogen-bond donors (Lipinski definition) is 3. The molecule has 0 radical (unpaired) electrons. The zero-order valence-corrected chi connectivity index (χ0v) is 56.9. The summed E-state index contributed by atoms with van der Waals surface area (Å²) in [6.45, 7) is 11.7. The van der Waals surface area contributed by atoms with Crippen molar-refractivity contribution < 1.29 is 80.2 Å². The lowest BCUT2D eigenvalue weighted by molar-refractivity contribution is -0.161. The molecule has 85 heavy (non-hydrogen) atoms. The fourth-order valence-corrected chi connectivity index (χ4v) is 11.4. The van der Waals surface area contributed by atoms with Gasteiger partial charge in [0.15, 0.2) is 12.2 Å². The maximum absolute atomic E-state index is 13.0. The Kier molecular flexibility index (Phi) is 55.9. The molecule has 19 heteroatoms. The molecule has 0 amide bonds. The third kappa shape index (κ3) is 60.7. The van der Waals surface area contributed by atoms with Gasteiger partial charge >= 0.3 is 39.5 Å². The van der Waals surface area contributed by atoms with Crippen molar-refractivity contribution in [2.24, 2.45) is 17.8 Å². The average molecular weight is 1260 g/mol. The molecule has 0 aromatic rings. The Hall–Kier alpha value is -1.94. The summed E-state index contributed by atoms with van der Waals surface area (Å²) in [5.74, 6) is 0.102. The van der Waals surface area contributed by atoms with Gasteiger partial charge in [0.05, 0.1) is 26.4 Å². The van der Waals surface area contributed by atoms with Gasteiger partial charge in [-0.25, -0.2) is 9.13 Å². The number of aliphatic hydroxyl groups is 1. The number of hydrogen-bond acceptors (Lipinski definition) is 15. The predicted molar refractivity (Wildman–Crippen MR) is 340 cm³/mol. The Bertz CT molecular complexity index is 1680. The van der Waals surface area contributed by atoms with Crippen LogP contribution >= 0.6 is 15.6 Å². The molecule has 0 bridgehead atoms. The van der Waals surface area contributed by atoms with Gasteiger partial charge in [-0.05, 0) is 43.4 Å². The topological polar surface area (TPSA) is 237 Å². The maximum atomic E-state index is 13.0. The van der Waals surface area contributed by atoms with Gasteiger partial charge in [0.2, 0.25) is 0 Å². The monoisotopic (exact) mass is 1250 g/mol. The number of carbonyl (C=O) groups excluding carboxylic acids is 4. The molecule has 0 aliphatic carbocycles. The highest BCUT2D eigenvalue weighted by Gasteiger charge is 2.30. The lowest BCUT2D eigenvalue weighted by Gasteiger charge is -2.21. The first-order valence-electron chi connectivity index (χ1n) is 34.3. The molecule has 0 spiro atoms. The van der Waals surface area contributed by atoms with Gasteiger partial charge in [-0.2, -0.15) is 0 Å². The molecule has 0 aromatic carbocycles. The van der Waals surface area contributed by atoms with Gasteiger partial charge in [0, 0.05) is 25.7 Å². The Morgan fingerprint density at radius 2 is 0.541 bits per heavy atom. The molecule has 0 saturated heterocycles. The molecule has 0 aromatic heterocycles. The minimum atomic E-state index is -4.95. The lowest BCUT2D eigenvalue weighted by atomic mass is 10.0. The maximum Gasteiger partial charge on any atom is 0.472 e. The molecule has 17 nitrogen and oxygen atoms in total. The first-order chi connectivity index (χ1) is 40.7. The summed E-state index contributed by atoms with van der Waals surface area (Å²) in [4.78, 5) is 72.0. The first-order valence-corrected chi connectivity index (χ1v) is 37.3. The van der Waals surface area contributed by atoms with E-state index in [0.29, 0.717) is 25.7 Å². The largest absolute Gasteiger partial charge is 0.472 e. The van der Waals surface area contributed by atoms with Crippen LogP contribution in [0.1, 0.15) is 325 Å². The smallest absolute Gasteiger partial charge is 0.462 e. The van der Waals surface area contributed by atoms with Crippen LogP contribution in [0.25, 0.3) is 0 Å². The van der Waals surface area contributed by atoms with Crippen LogP contribution in [-0.4, -0.2) is 96.7 Å². The van der Waals surface area contributed by atoms with Gasteiger partial charge in [0.25, 0.3) is 0 Å². The molecule has 0 saturated carbocycles. The van der Waals surface area contributed by atoms with Crippen molar-refractivity contribution in [3.8, 4) is 0 Å². The van der Waals surface area contributed by atoms with Crippen LogP contribution in [-0.2, 0) is 65.4 Å². The van der Waals surface area contributed by atoms with Crippen LogP contribution in [0.15, 0.2) is 0 Å². The first kappa shape index (κ1) is 83.1. The van der Waals surface area contributed by atoms with E-state index in [9.17, 15) is 43.2 Å². The predicted octanol–water partition coefficient (Wildman–Crippen LogP) is 18.3. The number of rotatable bonds is 64. The highest BCUT2D eigenvalue weighted by Crippen LogP contribution is 2.45. The number of carbonyl (C=O) groups is 4. The summed E-state index contributed by atoms with van der Waals surface area (Å²) in [5, 5.41) is 10.5. The second-order valence-corrected chi connectivity index (χ2v) is 28.2. The Morgan fingerprint density at radius 1 is 0.318 bits per heavy atom. The highest BCUT2D eigenvalue weighted by atomic mass is 31.2. The van der Waals surface area contributed by atoms with Crippen molar-refractivity contribution in [3.63, 3.8) is 0 Å². The number of unbranched alkanes of at least 4 members (excludes halogenated alkanes) is 32. The quantitative estimate of drug-likeness (QED) is 0.0222. The summed E-state index contributed by atoms with van der Waals surface area (Å²) in [6.07, 6.45) is 39.4.